The Morgan fingerprint density at radius 3 is 2.58 bits per heavy atom. The lowest BCUT2D eigenvalue weighted by Gasteiger charge is -2.14. The van der Waals surface area contributed by atoms with Gasteiger partial charge < -0.3 is 20.5 Å². The van der Waals surface area contributed by atoms with Crippen LogP contribution in [0.1, 0.15) is 11.1 Å². The van der Waals surface area contributed by atoms with Crippen molar-refractivity contribution in [3.63, 3.8) is 0 Å². The number of nitrogens with zero attached hydrogens (tertiary/aromatic N) is 2. The number of nitrogens with one attached hydrogen (secondary N) is 2. The maximum atomic E-state index is 12.4. The van der Waals surface area contributed by atoms with Gasteiger partial charge in [-0.3, -0.25) is 14.7 Å². The number of sulfone groups is 1. The van der Waals surface area contributed by atoms with Crippen LogP contribution in [-0.4, -0.2) is 81.4 Å². The van der Waals surface area contributed by atoms with Gasteiger partial charge in [0.2, 0.25) is 0 Å². The predicted octanol–water partition coefficient (Wildman–Crippen LogP) is 2.43. The SMILES string of the molecule is O=C(CNCc1ccc(C2=NCCN2C(=O)O)cc1)COCCNCS(=O)(=O)c1cccc(Cl)c1Cl. The van der Waals surface area contributed by atoms with Crippen molar-refractivity contribution >= 4 is 50.8 Å². The Bertz CT molecular complexity index is 1220. The van der Waals surface area contributed by atoms with E-state index in [0.29, 0.717) is 25.5 Å². The molecule has 0 aliphatic carbocycles. The van der Waals surface area contributed by atoms with E-state index < -0.39 is 15.9 Å². The fraction of sp³-hybridized carbons (Fsp3) is 0.348. The summed E-state index contributed by atoms with van der Waals surface area (Å²) in [6.07, 6.45) is -1.03. The number of benzene rings is 2. The molecule has 0 spiro atoms. The van der Waals surface area contributed by atoms with Crippen LogP contribution in [-0.2, 0) is 25.9 Å². The summed E-state index contributed by atoms with van der Waals surface area (Å²) in [6.45, 7) is 1.64. The minimum absolute atomic E-state index is 0.0145. The van der Waals surface area contributed by atoms with Crippen LogP contribution in [0.5, 0.6) is 0 Å². The highest BCUT2D eigenvalue weighted by atomic mass is 35.5. The first-order chi connectivity index (χ1) is 17.2. The number of carbonyl (C=O) groups is 2. The van der Waals surface area contributed by atoms with E-state index in [1.807, 2.05) is 12.1 Å². The number of carbonyl (C=O) groups excluding carboxylic acids is 1. The summed E-state index contributed by atoms with van der Waals surface area (Å²) in [4.78, 5) is 28.7. The Kier molecular flexibility index (Phi) is 10.2. The summed E-state index contributed by atoms with van der Waals surface area (Å²) < 4.78 is 30.0. The van der Waals surface area contributed by atoms with Gasteiger partial charge in [0, 0.05) is 18.7 Å². The maximum Gasteiger partial charge on any atom is 0.413 e. The van der Waals surface area contributed by atoms with Crippen molar-refractivity contribution in [2.24, 2.45) is 4.99 Å². The van der Waals surface area contributed by atoms with E-state index in [1.54, 1.807) is 12.1 Å². The molecule has 1 amide bonds. The monoisotopic (exact) mass is 556 g/mol. The highest BCUT2D eigenvalue weighted by Crippen LogP contribution is 2.29. The normalized spacial score (nSPS) is 13.6. The zero-order valence-corrected chi connectivity index (χ0v) is 21.6. The van der Waals surface area contributed by atoms with Crippen molar-refractivity contribution in [2.45, 2.75) is 11.4 Å². The number of amides is 1. The molecule has 1 aliphatic rings. The number of hydrogen-bond donors (Lipinski definition) is 3. The molecule has 13 heteroatoms. The van der Waals surface area contributed by atoms with Crippen LogP contribution in [0.25, 0.3) is 0 Å². The minimum atomic E-state index is -3.66. The summed E-state index contributed by atoms with van der Waals surface area (Å²) in [5, 5.41) is 15.2. The van der Waals surface area contributed by atoms with Gasteiger partial charge in [-0.25, -0.2) is 13.2 Å². The largest absolute Gasteiger partial charge is 0.465 e. The van der Waals surface area contributed by atoms with E-state index in [-0.39, 0.29) is 52.9 Å². The molecule has 0 radical (unpaired) electrons. The van der Waals surface area contributed by atoms with Gasteiger partial charge in [0.25, 0.3) is 0 Å². The maximum absolute atomic E-state index is 12.4. The van der Waals surface area contributed by atoms with Gasteiger partial charge in [0.05, 0.1) is 41.2 Å². The fourth-order valence-electron chi connectivity index (χ4n) is 3.39. The minimum Gasteiger partial charge on any atom is -0.465 e. The van der Waals surface area contributed by atoms with Gasteiger partial charge in [-0.2, -0.15) is 0 Å². The van der Waals surface area contributed by atoms with Crippen LogP contribution in [0.15, 0.2) is 52.4 Å². The van der Waals surface area contributed by atoms with Crippen LogP contribution in [0, 0.1) is 0 Å². The predicted molar refractivity (Wildman–Crippen MR) is 137 cm³/mol. The Morgan fingerprint density at radius 2 is 1.86 bits per heavy atom. The molecule has 0 aromatic heterocycles. The smallest absolute Gasteiger partial charge is 0.413 e. The molecule has 194 valence electrons. The lowest BCUT2D eigenvalue weighted by Crippen LogP contribution is -2.33. The molecule has 3 N–H and O–H groups in total. The Balaban J connectivity index is 1.30. The van der Waals surface area contributed by atoms with E-state index >= 15 is 0 Å². The molecule has 10 nitrogen and oxygen atoms in total. The molecule has 1 heterocycles. The summed E-state index contributed by atoms with van der Waals surface area (Å²) in [5.41, 5.74) is 1.65. The number of rotatable bonds is 13. The third-order valence-electron chi connectivity index (χ3n) is 5.16. The number of ether oxygens (including phenoxy) is 1. The molecule has 0 fully saturated rings. The standard InChI is InChI=1S/C23H26Cl2N4O6S/c24-19-2-1-3-20(21(19)25)36(33,34)15-26-9-11-35-14-18(30)13-27-12-16-4-6-17(7-5-16)22-28-8-10-29(22)23(31)32/h1-7,26-27H,8-15H2,(H,31,32). The van der Waals surface area contributed by atoms with Gasteiger partial charge in [0.15, 0.2) is 15.6 Å². The van der Waals surface area contributed by atoms with E-state index in [0.717, 1.165) is 11.1 Å². The van der Waals surface area contributed by atoms with Crippen LogP contribution in [0.4, 0.5) is 4.79 Å². The first-order valence-corrected chi connectivity index (χ1v) is 13.4. The lowest BCUT2D eigenvalue weighted by atomic mass is 10.1. The highest BCUT2D eigenvalue weighted by Gasteiger charge is 2.24. The van der Waals surface area contributed by atoms with E-state index in [9.17, 15) is 23.1 Å². The average Bonchev–Trinajstić information content (AvgIpc) is 3.34. The molecule has 3 rings (SSSR count). The van der Waals surface area contributed by atoms with Crippen molar-refractivity contribution in [3.8, 4) is 0 Å². The number of aliphatic imine (C=N–C) groups is 1. The number of hydrogen-bond acceptors (Lipinski definition) is 8. The highest BCUT2D eigenvalue weighted by molar-refractivity contribution is 7.91. The zero-order chi connectivity index (χ0) is 26.1. The van der Waals surface area contributed by atoms with E-state index in [4.69, 9.17) is 27.9 Å². The first-order valence-electron chi connectivity index (χ1n) is 11.0. The molecule has 1 aliphatic heterocycles. The quantitative estimate of drug-likeness (QED) is 0.320. The molecule has 0 saturated heterocycles. The van der Waals surface area contributed by atoms with Crippen LogP contribution < -0.4 is 10.6 Å². The molecule has 2 aromatic carbocycles. The van der Waals surface area contributed by atoms with Crippen LogP contribution >= 0.6 is 23.2 Å². The second-order valence-electron chi connectivity index (χ2n) is 7.84. The van der Waals surface area contributed by atoms with Crippen molar-refractivity contribution < 1.29 is 27.9 Å². The molecule has 0 bridgehead atoms. The van der Waals surface area contributed by atoms with Crippen LogP contribution in [0.2, 0.25) is 10.0 Å². The zero-order valence-electron chi connectivity index (χ0n) is 19.2. The van der Waals surface area contributed by atoms with Crippen LogP contribution in [0.3, 0.4) is 0 Å². The molecule has 36 heavy (non-hydrogen) atoms. The number of halogens is 2. The van der Waals surface area contributed by atoms with E-state index in [2.05, 4.69) is 15.6 Å². The molecule has 2 aromatic rings. The summed E-state index contributed by atoms with van der Waals surface area (Å²) in [5.74, 6) is -0.0519. The Hall–Kier alpha value is -2.54. The molecule has 0 saturated carbocycles. The second kappa shape index (κ2) is 13.1. The Morgan fingerprint density at radius 1 is 1.11 bits per heavy atom. The van der Waals surface area contributed by atoms with Crippen molar-refractivity contribution in [1.82, 2.24) is 15.5 Å². The second-order valence-corrected chi connectivity index (χ2v) is 10.6. The molecular formula is C23H26Cl2N4O6S. The number of ketones is 1. The Labute approximate surface area is 219 Å². The van der Waals surface area contributed by atoms with E-state index in [1.165, 1.54) is 23.1 Å². The third kappa shape index (κ3) is 7.73. The summed E-state index contributed by atoms with van der Waals surface area (Å²) in [7, 11) is -3.66. The lowest BCUT2D eigenvalue weighted by molar-refractivity contribution is -0.122. The summed E-state index contributed by atoms with van der Waals surface area (Å²) >= 11 is 11.8. The van der Waals surface area contributed by atoms with Gasteiger partial charge in [-0.15, -0.1) is 0 Å². The van der Waals surface area contributed by atoms with Crippen molar-refractivity contribution in [1.29, 1.82) is 0 Å². The average molecular weight is 557 g/mol. The van der Waals surface area contributed by atoms with Gasteiger partial charge in [-0.05, 0) is 17.7 Å². The molecule has 0 unspecified atom stereocenters. The van der Waals surface area contributed by atoms with Gasteiger partial charge in [0.1, 0.15) is 18.3 Å². The molecular weight excluding hydrogens is 531 g/mol. The van der Waals surface area contributed by atoms with Gasteiger partial charge >= 0.3 is 6.09 Å². The van der Waals surface area contributed by atoms with Crippen molar-refractivity contribution in [2.75, 3.05) is 45.3 Å². The van der Waals surface area contributed by atoms with Crippen molar-refractivity contribution in [3.05, 3.63) is 63.6 Å². The number of amidine groups is 1. The number of carboxylic acid groups (broad SMARTS) is 1. The summed E-state index contributed by atoms with van der Waals surface area (Å²) in [6, 6.07) is 11.7. The third-order valence-corrected chi connectivity index (χ3v) is 7.69. The fourth-order valence-corrected chi connectivity index (χ4v) is 5.33. The molecule has 0 atom stereocenters. The first kappa shape index (κ1) is 28.0. The topological polar surface area (TPSA) is 137 Å². The number of Topliss-reactive ketones (excluding diaryl/α,β-unsaturated/α-hetero) is 1. The van der Waals surface area contributed by atoms with Gasteiger partial charge in [-0.1, -0.05) is 53.5 Å².